The number of nitrogens with one attached hydrogen (secondary N) is 1. The molecule has 0 aliphatic carbocycles. The van der Waals surface area contributed by atoms with Crippen LogP contribution in [0.15, 0.2) is 53.6 Å². The van der Waals surface area contributed by atoms with Gasteiger partial charge in [0.1, 0.15) is 5.75 Å². The maximum Gasteiger partial charge on any atom is 0.275 e. The highest BCUT2D eigenvalue weighted by atomic mass is 16.5. The molecule has 0 fully saturated rings. The van der Waals surface area contributed by atoms with Gasteiger partial charge in [-0.2, -0.15) is 5.10 Å². The lowest BCUT2D eigenvalue weighted by Crippen LogP contribution is -2.20. The Balaban J connectivity index is 2.11. The molecule has 0 aromatic heterocycles. The number of hydrogen-bond donors (Lipinski definition) is 1. The third kappa shape index (κ3) is 4.19. The highest BCUT2D eigenvalue weighted by Crippen LogP contribution is 2.17. The first-order valence-corrected chi connectivity index (χ1v) is 7.61. The maximum absolute atomic E-state index is 12.2. The summed E-state index contributed by atoms with van der Waals surface area (Å²) in [5.74, 6) is 0.728. The summed E-state index contributed by atoms with van der Waals surface area (Å²) in [5, 5.41) is 4.18. The highest BCUT2D eigenvalue weighted by molar-refractivity contribution is 6.01. The van der Waals surface area contributed by atoms with Gasteiger partial charge in [-0.05, 0) is 36.1 Å². The topological polar surface area (TPSA) is 50.7 Å². The number of carbonyl (C=O) groups excluding carboxylic acids is 1. The number of nitrogens with zero attached hydrogens (tertiary/aromatic N) is 1. The molecule has 2 aromatic carbocycles. The maximum atomic E-state index is 12.2. The summed E-state index contributed by atoms with van der Waals surface area (Å²) in [7, 11) is 1.54. The van der Waals surface area contributed by atoms with Crippen molar-refractivity contribution >= 4 is 11.6 Å². The van der Waals surface area contributed by atoms with Crippen LogP contribution < -0.4 is 10.2 Å². The zero-order valence-electron chi connectivity index (χ0n) is 14.0. The molecule has 0 saturated carbocycles. The Kier molecular flexibility index (Phi) is 5.52. The summed E-state index contributed by atoms with van der Waals surface area (Å²) in [4.78, 5) is 12.2. The van der Waals surface area contributed by atoms with Crippen molar-refractivity contribution in [2.45, 2.75) is 26.7 Å². The summed E-state index contributed by atoms with van der Waals surface area (Å²) >= 11 is 0. The lowest BCUT2D eigenvalue weighted by molar-refractivity contribution is 0.0952. The van der Waals surface area contributed by atoms with Gasteiger partial charge in [-0.3, -0.25) is 4.79 Å². The second kappa shape index (κ2) is 7.58. The lowest BCUT2D eigenvalue weighted by Gasteiger charge is -2.08. The average Bonchev–Trinajstić information content (AvgIpc) is 2.59. The van der Waals surface area contributed by atoms with Crippen LogP contribution in [0.4, 0.5) is 0 Å². The predicted octanol–water partition coefficient (Wildman–Crippen LogP) is 3.97. The molecule has 2 rings (SSSR count). The average molecular weight is 310 g/mol. The van der Waals surface area contributed by atoms with Crippen molar-refractivity contribution in [3.05, 3.63) is 65.2 Å². The minimum atomic E-state index is -0.291. The lowest BCUT2D eigenvalue weighted by atomic mass is 10.0. The van der Waals surface area contributed by atoms with Gasteiger partial charge < -0.3 is 4.74 Å². The van der Waals surface area contributed by atoms with Gasteiger partial charge in [0.15, 0.2) is 0 Å². The number of rotatable bonds is 5. The van der Waals surface area contributed by atoms with Crippen molar-refractivity contribution in [1.82, 2.24) is 5.43 Å². The summed E-state index contributed by atoms with van der Waals surface area (Å²) in [6.07, 6.45) is 0. The standard InChI is InChI=1S/C19H22N2O2/c1-13(2)15-9-11-16(12-10-15)14(3)20-21-19(22)17-7-5-6-8-18(17)23-4/h5-13H,1-4H3,(H,21,22)/b20-14-. The third-order valence-corrected chi connectivity index (χ3v) is 3.67. The van der Waals surface area contributed by atoms with Crippen LogP contribution >= 0.6 is 0 Å². The largest absolute Gasteiger partial charge is 0.496 e. The monoisotopic (exact) mass is 310 g/mol. The van der Waals surface area contributed by atoms with Gasteiger partial charge in [0.05, 0.1) is 18.4 Å². The van der Waals surface area contributed by atoms with E-state index in [0.717, 1.165) is 11.3 Å². The number of carbonyl (C=O) groups is 1. The Morgan fingerprint density at radius 2 is 1.74 bits per heavy atom. The molecule has 0 saturated heterocycles. The fourth-order valence-electron chi connectivity index (χ4n) is 2.20. The van der Waals surface area contributed by atoms with Crippen molar-refractivity contribution in [2.24, 2.45) is 5.10 Å². The minimum Gasteiger partial charge on any atom is -0.496 e. The smallest absolute Gasteiger partial charge is 0.275 e. The van der Waals surface area contributed by atoms with Gasteiger partial charge >= 0.3 is 0 Å². The zero-order chi connectivity index (χ0) is 16.8. The van der Waals surface area contributed by atoms with Gasteiger partial charge in [0.25, 0.3) is 5.91 Å². The summed E-state index contributed by atoms with van der Waals surface area (Å²) in [5.41, 5.74) is 6.05. The van der Waals surface area contributed by atoms with E-state index in [1.807, 2.05) is 25.1 Å². The number of hydrogen-bond acceptors (Lipinski definition) is 3. The molecule has 120 valence electrons. The van der Waals surface area contributed by atoms with Crippen molar-refractivity contribution in [3.63, 3.8) is 0 Å². The fraction of sp³-hybridized carbons (Fsp3) is 0.263. The number of methoxy groups -OCH3 is 1. The molecule has 1 amide bonds. The number of benzene rings is 2. The van der Waals surface area contributed by atoms with Gasteiger partial charge in [-0.1, -0.05) is 50.2 Å². The number of amides is 1. The van der Waals surface area contributed by atoms with Crippen LogP contribution in [0.1, 0.15) is 48.2 Å². The van der Waals surface area contributed by atoms with Crippen molar-refractivity contribution in [1.29, 1.82) is 0 Å². The first-order valence-electron chi connectivity index (χ1n) is 7.61. The molecule has 0 unspecified atom stereocenters. The van der Waals surface area contributed by atoms with Gasteiger partial charge in [-0.25, -0.2) is 5.43 Å². The number of hydrazone groups is 1. The van der Waals surface area contributed by atoms with E-state index in [1.54, 1.807) is 18.2 Å². The van der Waals surface area contributed by atoms with Crippen LogP contribution in [0.2, 0.25) is 0 Å². The normalized spacial score (nSPS) is 11.4. The summed E-state index contributed by atoms with van der Waals surface area (Å²) in [6.45, 7) is 6.18. The Morgan fingerprint density at radius 1 is 1.09 bits per heavy atom. The van der Waals surface area contributed by atoms with Gasteiger partial charge in [0.2, 0.25) is 0 Å². The van der Waals surface area contributed by atoms with E-state index in [-0.39, 0.29) is 5.91 Å². The highest BCUT2D eigenvalue weighted by Gasteiger charge is 2.10. The van der Waals surface area contributed by atoms with E-state index in [0.29, 0.717) is 17.2 Å². The molecule has 0 heterocycles. The first-order chi connectivity index (χ1) is 11.0. The quantitative estimate of drug-likeness (QED) is 0.671. The molecule has 0 aliphatic rings. The first kappa shape index (κ1) is 16.7. The van der Waals surface area contributed by atoms with Crippen LogP contribution in [0.25, 0.3) is 0 Å². The second-order valence-corrected chi connectivity index (χ2v) is 5.62. The van der Waals surface area contributed by atoms with Crippen molar-refractivity contribution in [3.8, 4) is 5.75 Å². The molecule has 0 aliphatic heterocycles. The number of ether oxygens (including phenoxy) is 1. The fourth-order valence-corrected chi connectivity index (χ4v) is 2.20. The van der Waals surface area contributed by atoms with Crippen molar-refractivity contribution in [2.75, 3.05) is 7.11 Å². The molecular formula is C19H22N2O2. The second-order valence-electron chi connectivity index (χ2n) is 5.62. The molecule has 0 radical (unpaired) electrons. The molecule has 4 heteroatoms. The molecule has 0 spiro atoms. The Hall–Kier alpha value is -2.62. The Labute approximate surface area is 137 Å². The van der Waals surface area contributed by atoms with Gasteiger partial charge in [-0.15, -0.1) is 0 Å². The molecular weight excluding hydrogens is 288 g/mol. The molecule has 0 bridgehead atoms. The summed E-state index contributed by atoms with van der Waals surface area (Å²) < 4.78 is 5.18. The van der Waals surface area contributed by atoms with Crippen molar-refractivity contribution < 1.29 is 9.53 Å². The van der Waals surface area contributed by atoms with Gasteiger partial charge in [0, 0.05) is 0 Å². The predicted molar refractivity (Wildman–Crippen MR) is 93.2 cm³/mol. The SMILES string of the molecule is COc1ccccc1C(=O)N/N=C(/C)c1ccc(C(C)C)cc1. The van der Waals surface area contributed by atoms with Crippen LogP contribution in [-0.2, 0) is 0 Å². The van der Waals surface area contributed by atoms with E-state index in [9.17, 15) is 4.79 Å². The Bertz CT molecular complexity index is 704. The Morgan fingerprint density at radius 3 is 2.35 bits per heavy atom. The van der Waals surface area contributed by atoms with Crippen LogP contribution in [-0.4, -0.2) is 18.7 Å². The molecule has 23 heavy (non-hydrogen) atoms. The molecule has 1 N–H and O–H groups in total. The molecule has 0 atom stereocenters. The molecule has 4 nitrogen and oxygen atoms in total. The third-order valence-electron chi connectivity index (χ3n) is 3.67. The van der Waals surface area contributed by atoms with Crippen LogP contribution in [0.5, 0.6) is 5.75 Å². The van der Waals surface area contributed by atoms with E-state index >= 15 is 0 Å². The van der Waals surface area contributed by atoms with E-state index in [2.05, 4.69) is 36.5 Å². The number of para-hydroxylation sites is 1. The minimum absolute atomic E-state index is 0.291. The van der Waals surface area contributed by atoms with E-state index < -0.39 is 0 Å². The zero-order valence-corrected chi connectivity index (χ0v) is 14.0. The molecule has 2 aromatic rings. The van der Waals surface area contributed by atoms with E-state index in [4.69, 9.17) is 4.74 Å². The van der Waals surface area contributed by atoms with Crippen LogP contribution in [0, 0.1) is 0 Å². The summed E-state index contributed by atoms with van der Waals surface area (Å²) in [6, 6.07) is 15.3. The van der Waals surface area contributed by atoms with Crippen LogP contribution in [0.3, 0.4) is 0 Å². The van der Waals surface area contributed by atoms with E-state index in [1.165, 1.54) is 12.7 Å².